The fraction of sp³-hybridized carbons (Fsp3) is 0.0345. The number of hydrogen-bond donors (Lipinski definition) is 1. The van der Waals surface area contributed by atoms with Crippen LogP contribution in [0.2, 0.25) is 0 Å². The first kappa shape index (κ1) is 21.2. The maximum absolute atomic E-state index is 13.5. The molecule has 0 amide bonds. The number of ether oxygens (including phenoxy) is 1. The van der Waals surface area contributed by atoms with Crippen LogP contribution in [0.15, 0.2) is 108 Å². The summed E-state index contributed by atoms with van der Waals surface area (Å²) in [5.41, 5.74) is 3.92. The van der Waals surface area contributed by atoms with E-state index < -0.39 is 12.6 Å². The Hall–Kier alpha value is -4.64. The van der Waals surface area contributed by atoms with Gasteiger partial charge in [-0.3, -0.25) is 4.79 Å². The number of para-hydroxylation sites is 1. The number of carboxylic acids is 1. The maximum Gasteiger partial charge on any atom is 0.341 e. The van der Waals surface area contributed by atoms with E-state index in [4.69, 9.17) is 9.15 Å². The second kappa shape index (κ2) is 9.08. The van der Waals surface area contributed by atoms with Gasteiger partial charge in [-0.05, 0) is 35.4 Å². The first-order valence-corrected chi connectivity index (χ1v) is 10.8. The molecule has 5 heteroatoms. The third-order valence-corrected chi connectivity index (χ3v) is 5.51. The van der Waals surface area contributed by atoms with Gasteiger partial charge in [-0.2, -0.15) is 0 Å². The summed E-state index contributed by atoms with van der Waals surface area (Å²) in [6.45, 7) is -0.503. The molecule has 0 saturated heterocycles. The molecule has 1 aromatic heterocycles. The average Bonchev–Trinajstić information content (AvgIpc) is 3.32. The summed E-state index contributed by atoms with van der Waals surface area (Å²) in [6, 6.07) is 31.5. The zero-order valence-corrected chi connectivity index (χ0v) is 18.1. The molecule has 34 heavy (non-hydrogen) atoms. The number of aliphatic carboxylic acids is 1. The number of ketones is 1. The van der Waals surface area contributed by atoms with Gasteiger partial charge in [0.25, 0.3) is 0 Å². The van der Waals surface area contributed by atoms with Gasteiger partial charge in [-0.15, -0.1) is 0 Å². The van der Waals surface area contributed by atoms with Gasteiger partial charge >= 0.3 is 5.97 Å². The Morgan fingerprint density at radius 1 is 0.735 bits per heavy atom. The summed E-state index contributed by atoms with van der Waals surface area (Å²) >= 11 is 0. The summed E-state index contributed by atoms with van der Waals surface area (Å²) in [6.07, 6.45) is 0. The topological polar surface area (TPSA) is 76.7 Å². The van der Waals surface area contributed by atoms with E-state index in [2.05, 4.69) is 0 Å². The van der Waals surface area contributed by atoms with E-state index in [9.17, 15) is 14.7 Å². The van der Waals surface area contributed by atoms with E-state index in [0.29, 0.717) is 28.0 Å². The van der Waals surface area contributed by atoms with E-state index >= 15 is 0 Å². The largest absolute Gasteiger partial charge is 0.481 e. The number of carboxylic acid groups (broad SMARTS) is 1. The van der Waals surface area contributed by atoms with Crippen molar-refractivity contribution in [3.8, 4) is 28.0 Å². The van der Waals surface area contributed by atoms with Crippen LogP contribution in [0, 0.1) is 0 Å². The average molecular weight is 448 g/mol. The van der Waals surface area contributed by atoms with Crippen LogP contribution in [0.5, 0.6) is 5.75 Å². The lowest BCUT2D eigenvalue weighted by Crippen LogP contribution is -2.11. The molecule has 0 unspecified atom stereocenters. The Labute approximate surface area is 195 Å². The normalized spacial score (nSPS) is 10.8. The van der Waals surface area contributed by atoms with Crippen LogP contribution in [-0.2, 0) is 4.79 Å². The van der Waals surface area contributed by atoms with Gasteiger partial charge in [0, 0.05) is 22.1 Å². The van der Waals surface area contributed by atoms with Crippen molar-refractivity contribution in [2.75, 3.05) is 6.61 Å². The fourth-order valence-electron chi connectivity index (χ4n) is 3.95. The predicted octanol–water partition coefficient (Wildman–Crippen LogP) is 6.46. The van der Waals surface area contributed by atoms with E-state index in [1.165, 1.54) is 0 Å². The van der Waals surface area contributed by atoms with Crippen molar-refractivity contribution in [1.29, 1.82) is 0 Å². The highest BCUT2D eigenvalue weighted by Gasteiger charge is 2.22. The van der Waals surface area contributed by atoms with Crippen LogP contribution in [-0.4, -0.2) is 23.5 Å². The van der Waals surface area contributed by atoms with Crippen molar-refractivity contribution in [3.05, 3.63) is 114 Å². The standard InChI is InChI=1S/C29H20O5/c30-27(31)18-33-29-23(19-9-3-1-4-10-19)15-22(16-24(29)20-11-5-2-6-12-20)28(32)26-17-21-13-7-8-14-25(21)34-26/h1-17H,18H2,(H,30,31). The van der Waals surface area contributed by atoms with Gasteiger partial charge in [-0.1, -0.05) is 78.9 Å². The van der Waals surface area contributed by atoms with E-state index in [1.54, 1.807) is 18.2 Å². The molecule has 5 nitrogen and oxygen atoms in total. The van der Waals surface area contributed by atoms with Crippen LogP contribution in [0.4, 0.5) is 0 Å². The van der Waals surface area contributed by atoms with Crippen LogP contribution in [0.1, 0.15) is 16.1 Å². The Morgan fingerprint density at radius 2 is 1.29 bits per heavy atom. The number of fused-ring (bicyclic) bond motifs is 1. The molecule has 0 fully saturated rings. The molecule has 0 spiro atoms. The summed E-state index contributed by atoms with van der Waals surface area (Å²) in [7, 11) is 0. The molecule has 1 heterocycles. The minimum Gasteiger partial charge on any atom is -0.481 e. The first-order chi connectivity index (χ1) is 16.6. The Morgan fingerprint density at radius 3 is 1.85 bits per heavy atom. The summed E-state index contributed by atoms with van der Waals surface area (Å²) < 4.78 is 11.6. The van der Waals surface area contributed by atoms with Crippen molar-refractivity contribution < 1.29 is 23.8 Å². The number of carbonyl (C=O) groups is 2. The van der Waals surface area contributed by atoms with Crippen molar-refractivity contribution in [3.63, 3.8) is 0 Å². The first-order valence-electron chi connectivity index (χ1n) is 10.8. The maximum atomic E-state index is 13.5. The quantitative estimate of drug-likeness (QED) is 0.289. The van der Waals surface area contributed by atoms with Crippen molar-refractivity contribution in [1.82, 2.24) is 0 Å². The number of furan rings is 1. The molecule has 0 radical (unpaired) electrons. The van der Waals surface area contributed by atoms with Crippen LogP contribution in [0.25, 0.3) is 33.2 Å². The summed E-state index contributed by atoms with van der Waals surface area (Å²) in [5.74, 6) is -0.713. The smallest absolute Gasteiger partial charge is 0.341 e. The molecule has 1 N–H and O–H groups in total. The molecule has 0 aliphatic rings. The lowest BCUT2D eigenvalue weighted by molar-refractivity contribution is -0.139. The van der Waals surface area contributed by atoms with Gasteiger partial charge in [0.15, 0.2) is 12.4 Å². The molecule has 5 aromatic rings. The molecule has 0 bridgehead atoms. The lowest BCUT2D eigenvalue weighted by Gasteiger charge is -2.17. The zero-order chi connectivity index (χ0) is 23.5. The number of hydrogen-bond acceptors (Lipinski definition) is 4. The SMILES string of the molecule is O=C(O)COc1c(-c2ccccc2)cc(C(=O)c2cc3ccccc3o2)cc1-c1ccccc1. The van der Waals surface area contributed by atoms with E-state index in [0.717, 1.165) is 16.5 Å². The molecule has 0 saturated carbocycles. The highest BCUT2D eigenvalue weighted by Crippen LogP contribution is 2.41. The van der Waals surface area contributed by atoms with Crippen LogP contribution < -0.4 is 4.74 Å². The van der Waals surface area contributed by atoms with Gasteiger partial charge in [0.2, 0.25) is 5.78 Å². The number of carbonyl (C=O) groups excluding carboxylic acids is 1. The van der Waals surface area contributed by atoms with Crippen molar-refractivity contribution in [2.45, 2.75) is 0 Å². The van der Waals surface area contributed by atoms with Crippen LogP contribution >= 0.6 is 0 Å². The van der Waals surface area contributed by atoms with Crippen molar-refractivity contribution in [2.24, 2.45) is 0 Å². The Bertz CT molecular complexity index is 1390. The van der Waals surface area contributed by atoms with E-state index in [1.807, 2.05) is 84.9 Å². The predicted molar refractivity (Wildman–Crippen MR) is 130 cm³/mol. The third kappa shape index (κ3) is 4.19. The molecule has 0 aliphatic carbocycles. The lowest BCUT2D eigenvalue weighted by atomic mass is 9.92. The Kier molecular flexibility index (Phi) is 5.67. The van der Waals surface area contributed by atoms with E-state index in [-0.39, 0.29) is 11.5 Å². The molecular weight excluding hydrogens is 428 g/mol. The second-order valence-electron chi connectivity index (χ2n) is 7.79. The summed E-state index contributed by atoms with van der Waals surface area (Å²) in [5, 5.41) is 10.1. The highest BCUT2D eigenvalue weighted by molar-refractivity contribution is 6.10. The second-order valence-corrected chi connectivity index (χ2v) is 7.79. The molecule has 4 aromatic carbocycles. The minimum absolute atomic E-state index is 0.235. The molecule has 166 valence electrons. The monoisotopic (exact) mass is 448 g/mol. The van der Waals surface area contributed by atoms with Crippen LogP contribution in [0.3, 0.4) is 0 Å². The number of benzene rings is 4. The molecule has 0 atom stereocenters. The third-order valence-electron chi connectivity index (χ3n) is 5.51. The number of rotatable bonds is 7. The minimum atomic E-state index is -1.08. The molecule has 0 aliphatic heterocycles. The zero-order valence-electron chi connectivity index (χ0n) is 18.1. The summed E-state index contributed by atoms with van der Waals surface area (Å²) in [4.78, 5) is 24.9. The highest BCUT2D eigenvalue weighted by atomic mass is 16.5. The molecule has 5 rings (SSSR count). The van der Waals surface area contributed by atoms with Gasteiger partial charge in [-0.25, -0.2) is 4.79 Å². The Balaban J connectivity index is 1.72. The molecular formula is C29H20O5. The van der Waals surface area contributed by atoms with Gasteiger partial charge in [0.1, 0.15) is 11.3 Å². The fourth-order valence-corrected chi connectivity index (χ4v) is 3.95. The van der Waals surface area contributed by atoms with Gasteiger partial charge < -0.3 is 14.3 Å². The van der Waals surface area contributed by atoms with Crippen molar-refractivity contribution >= 4 is 22.7 Å². The van der Waals surface area contributed by atoms with Gasteiger partial charge in [0.05, 0.1) is 0 Å².